The largest absolute Gasteiger partial charge is 0.699 e. The van der Waals surface area contributed by atoms with Crippen molar-refractivity contribution in [3.05, 3.63) is 77.7 Å². The summed E-state index contributed by atoms with van der Waals surface area (Å²) in [5, 5.41) is 10.3. The van der Waals surface area contributed by atoms with Crippen LogP contribution in [-0.4, -0.2) is 20.2 Å². The standard InChI is InChI=1S/C21H19N6O.Ac/c1-13-4-3-5-15(10-13)18-12-19(24-20-11-14(2)26-27-20)25-21(23-18)28-17-8-6-16(22)7-9-17;/h3-12,22H,1-2H3,(H2,23,24,25,26,27);/q-1;. The minimum Gasteiger partial charge on any atom is -0.699 e. The second-order valence-corrected chi connectivity index (χ2v) is 6.48. The van der Waals surface area contributed by atoms with Crippen molar-refractivity contribution in [3.8, 4) is 23.0 Å². The molecule has 2 aromatic heterocycles. The minimum atomic E-state index is 0. The third kappa shape index (κ3) is 5.56. The molecule has 4 aromatic rings. The summed E-state index contributed by atoms with van der Waals surface area (Å²) < 4.78 is 5.84. The summed E-state index contributed by atoms with van der Waals surface area (Å²) in [7, 11) is 0. The van der Waals surface area contributed by atoms with Crippen molar-refractivity contribution >= 4 is 17.3 Å². The Morgan fingerprint density at radius 3 is 2.41 bits per heavy atom. The van der Waals surface area contributed by atoms with Gasteiger partial charge in [0.15, 0.2) is 5.82 Å². The average molecular weight is 598 g/mol. The SMILES string of the molecule is Cc1cccc(-c2cc(Nc3cc(C)[nH]n3)nc(Oc3ccc([NH-])cc3)n2)c1.[Ac]. The maximum Gasteiger partial charge on any atom is 0.324 e. The van der Waals surface area contributed by atoms with Gasteiger partial charge in [-0.05, 0) is 32.0 Å². The molecular formula is C21H19AcN6O-. The maximum atomic E-state index is 7.59. The summed E-state index contributed by atoms with van der Waals surface area (Å²) in [4.78, 5) is 9.02. The Bertz CT molecular complexity index is 1110. The van der Waals surface area contributed by atoms with Gasteiger partial charge in [0, 0.05) is 67.5 Å². The zero-order valence-electron chi connectivity index (χ0n) is 16.1. The predicted molar refractivity (Wildman–Crippen MR) is 109 cm³/mol. The number of nitrogens with zero attached hydrogens (tertiary/aromatic N) is 3. The number of aryl methyl sites for hydroxylation is 2. The number of aromatic amines is 1. The van der Waals surface area contributed by atoms with E-state index in [1.54, 1.807) is 24.3 Å². The zero-order chi connectivity index (χ0) is 19.5. The van der Waals surface area contributed by atoms with E-state index in [1.165, 1.54) is 0 Å². The summed E-state index contributed by atoms with van der Waals surface area (Å²) in [6.07, 6.45) is 0. The Balaban J connectivity index is 0.00000240. The van der Waals surface area contributed by atoms with Crippen LogP contribution in [0.2, 0.25) is 0 Å². The van der Waals surface area contributed by atoms with Crippen LogP contribution in [0.25, 0.3) is 17.0 Å². The molecule has 0 fully saturated rings. The van der Waals surface area contributed by atoms with E-state index in [1.807, 2.05) is 44.2 Å². The molecule has 0 spiro atoms. The van der Waals surface area contributed by atoms with Crippen molar-refractivity contribution in [2.24, 2.45) is 0 Å². The molecule has 3 N–H and O–H groups in total. The van der Waals surface area contributed by atoms with Gasteiger partial charge in [-0.1, -0.05) is 35.9 Å². The van der Waals surface area contributed by atoms with Gasteiger partial charge in [0.25, 0.3) is 0 Å². The molecule has 0 aliphatic rings. The maximum absolute atomic E-state index is 7.59. The van der Waals surface area contributed by atoms with E-state index in [4.69, 9.17) is 10.5 Å². The van der Waals surface area contributed by atoms with Crippen LogP contribution < -0.4 is 10.1 Å². The molecule has 2 aromatic carbocycles. The van der Waals surface area contributed by atoms with Crippen LogP contribution in [-0.2, 0) is 0 Å². The smallest absolute Gasteiger partial charge is 0.324 e. The van der Waals surface area contributed by atoms with Crippen LogP contribution in [0.15, 0.2) is 60.7 Å². The van der Waals surface area contributed by atoms with Crippen molar-refractivity contribution in [2.45, 2.75) is 13.8 Å². The first kappa shape index (κ1) is 21.3. The first-order chi connectivity index (χ1) is 13.5. The van der Waals surface area contributed by atoms with Gasteiger partial charge >= 0.3 is 6.01 Å². The number of rotatable bonds is 5. The van der Waals surface area contributed by atoms with E-state index < -0.39 is 0 Å². The van der Waals surface area contributed by atoms with Crippen LogP contribution >= 0.6 is 0 Å². The van der Waals surface area contributed by atoms with Gasteiger partial charge in [-0.2, -0.15) is 15.1 Å². The summed E-state index contributed by atoms with van der Waals surface area (Å²) in [5.74, 6) is 1.81. The van der Waals surface area contributed by atoms with E-state index in [0.29, 0.717) is 23.1 Å². The molecule has 0 unspecified atom stereocenters. The van der Waals surface area contributed by atoms with Crippen LogP contribution in [0.3, 0.4) is 0 Å². The van der Waals surface area contributed by atoms with Gasteiger partial charge in [-0.15, -0.1) is 5.69 Å². The van der Waals surface area contributed by atoms with Crippen molar-refractivity contribution in [1.82, 2.24) is 20.2 Å². The number of H-pyrrole nitrogens is 1. The van der Waals surface area contributed by atoms with Gasteiger partial charge < -0.3 is 15.8 Å². The fraction of sp³-hybridized carbons (Fsp3) is 0.0952. The van der Waals surface area contributed by atoms with Crippen LogP contribution in [0, 0.1) is 57.9 Å². The first-order valence-corrected chi connectivity index (χ1v) is 8.80. The summed E-state index contributed by atoms with van der Waals surface area (Å²) in [6.45, 7) is 3.97. The molecule has 29 heavy (non-hydrogen) atoms. The molecule has 0 aliphatic heterocycles. The molecule has 2 heterocycles. The van der Waals surface area contributed by atoms with Crippen molar-refractivity contribution in [1.29, 1.82) is 0 Å². The van der Waals surface area contributed by atoms with Gasteiger partial charge in [-0.3, -0.25) is 5.10 Å². The molecule has 0 aliphatic carbocycles. The van der Waals surface area contributed by atoms with E-state index >= 15 is 0 Å². The number of hydrogen-bond donors (Lipinski definition) is 2. The van der Waals surface area contributed by atoms with E-state index in [9.17, 15) is 0 Å². The van der Waals surface area contributed by atoms with Gasteiger partial charge in [0.1, 0.15) is 11.6 Å². The Morgan fingerprint density at radius 2 is 1.72 bits per heavy atom. The molecule has 0 amide bonds. The zero-order valence-corrected chi connectivity index (χ0v) is 20.8. The number of aromatic nitrogens is 4. The number of anilines is 2. The Kier molecular flexibility index (Phi) is 6.88. The van der Waals surface area contributed by atoms with Crippen molar-refractivity contribution in [2.75, 3.05) is 5.32 Å². The van der Waals surface area contributed by atoms with Gasteiger partial charge in [0.05, 0.1) is 5.69 Å². The molecule has 0 atom stereocenters. The van der Waals surface area contributed by atoms with Gasteiger partial charge in [0.2, 0.25) is 0 Å². The monoisotopic (exact) mass is 598 g/mol. The quantitative estimate of drug-likeness (QED) is 0.307. The molecule has 7 nitrogen and oxygen atoms in total. The molecule has 8 heteroatoms. The fourth-order valence-corrected chi connectivity index (χ4v) is 2.73. The average Bonchev–Trinajstić information content (AvgIpc) is 3.08. The predicted octanol–water partition coefficient (Wildman–Crippen LogP) is 5.70. The number of ether oxygens (including phenoxy) is 1. The molecule has 4 rings (SSSR count). The Hall–Kier alpha value is -2.43. The molecular weight excluding hydrogens is 579 g/mol. The number of hydrogen-bond acceptors (Lipinski definition) is 5. The van der Waals surface area contributed by atoms with Crippen LogP contribution in [0.5, 0.6) is 11.8 Å². The normalized spacial score (nSPS) is 10.3. The summed E-state index contributed by atoms with van der Waals surface area (Å²) in [5.41, 5.74) is 11.8. The Morgan fingerprint density at radius 1 is 0.931 bits per heavy atom. The minimum absolute atomic E-state index is 0. The van der Waals surface area contributed by atoms with E-state index in [2.05, 4.69) is 31.5 Å². The second-order valence-electron chi connectivity index (χ2n) is 6.48. The molecule has 0 bridgehead atoms. The molecule has 143 valence electrons. The summed E-state index contributed by atoms with van der Waals surface area (Å²) >= 11 is 0. The topological polar surface area (TPSA) is 99.5 Å². The van der Waals surface area contributed by atoms with E-state index in [0.717, 1.165) is 22.5 Å². The third-order valence-electron chi connectivity index (χ3n) is 4.04. The summed E-state index contributed by atoms with van der Waals surface area (Å²) in [6, 6.07) is 18.8. The van der Waals surface area contributed by atoms with Crippen molar-refractivity contribution in [3.63, 3.8) is 0 Å². The Labute approximate surface area is 204 Å². The number of benzene rings is 2. The molecule has 1 radical (unpaired) electrons. The molecule has 0 saturated heterocycles. The van der Waals surface area contributed by atoms with Gasteiger partial charge in [-0.25, -0.2) is 0 Å². The van der Waals surface area contributed by atoms with E-state index in [-0.39, 0.29) is 50.1 Å². The molecule has 0 saturated carbocycles. The van der Waals surface area contributed by atoms with Crippen LogP contribution in [0.1, 0.15) is 11.3 Å². The number of nitrogens with one attached hydrogen (secondary N) is 3. The second kappa shape index (κ2) is 9.38. The first-order valence-electron chi connectivity index (χ1n) is 8.80. The van der Waals surface area contributed by atoms with Crippen LogP contribution in [0.4, 0.5) is 17.3 Å². The van der Waals surface area contributed by atoms with Crippen molar-refractivity contribution < 1.29 is 48.8 Å². The fourth-order valence-electron chi connectivity index (χ4n) is 2.73. The third-order valence-corrected chi connectivity index (χ3v) is 4.04.